The van der Waals surface area contributed by atoms with Crippen molar-refractivity contribution in [3.63, 3.8) is 0 Å². The first-order chi connectivity index (χ1) is 6.06. The van der Waals surface area contributed by atoms with Crippen molar-refractivity contribution in [3.8, 4) is 0 Å². The first kappa shape index (κ1) is 10.7. The number of nitrogens with two attached hydrogens (primary N) is 1. The van der Waals surface area contributed by atoms with E-state index in [2.05, 4.69) is 18.8 Å². The number of nitrogens with zero attached hydrogens (tertiary/aromatic N) is 1. The summed E-state index contributed by atoms with van der Waals surface area (Å²) in [5.74, 6) is 0.566. The number of hydrogen-bond acceptors (Lipinski definition) is 3. The van der Waals surface area contributed by atoms with E-state index >= 15 is 0 Å². The maximum Gasteiger partial charge on any atom is 0.0959 e. The van der Waals surface area contributed by atoms with Crippen LogP contribution in [0.25, 0.3) is 0 Å². The number of aromatic nitrogens is 1. The van der Waals surface area contributed by atoms with Gasteiger partial charge in [0.25, 0.3) is 0 Å². The van der Waals surface area contributed by atoms with Gasteiger partial charge >= 0.3 is 0 Å². The normalized spacial score (nSPS) is 15.8. The molecule has 1 aromatic heterocycles. The summed E-state index contributed by atoms with van der Waals surface area (Å²) < 4.78 is 0. The lowest BCUT2D eigenvalue weighted by Gasteiger charge is -2.02. The van der Waals surface area contributed by atoms with Crippen molar-refractivity contribution in [1.82, 2.24) is 4.98 Å². The fourth-order valence-corrected chi connectivity index (χ4v) is 2.39. The van der Waals surface area contributed by atoms with Crippen molar-refractivity contribution in [2.75, 3.05) is 0 Å². The smallest absolute Gasteiger partial charge is 0.0959 e. The number of rotatable bonds is 3. The van der Waals surface area contributed by atoms with Crippen LogP contribution in [0.3, 0.4) is 0 Å². The first-order valence-electron chi connectivity index (χ1n) is 4.79. The Bertz CT molecular complexity index is 278. The summed E-state index contributed by atoms with van der Waals surface area (Å²) in [5, 5.41) is 1.23. The van der Waals surface area contributed by atoms with Gasteiger partial charge in [0.2, 0.25) is 0 Å². The zero-order valence-corrected chi connectivity index (χ0v) is 9.61. The van der Waals surface area contributed by atoms with Gasteiger partial charge < -0.3 is 5.73 Å². The molecule has 3 heteroatoms. The summed E-state index contributed by atoms with van der Waals surface area (Å²) in [6.45, 7) is 8.46. The molecule has 0 bridgehead atoms. The Hall–Kier alpha value is -0.410. The summed E-state index contributed by atoms with van der Waals surface area (Å²) in [7, 11) is 0. The summed E-state index contributed by atoms with van der Waals surface area (Å²) >= 11 is 1.76. The lowest BCUT2D eigenvalue weighted by Crippen LogP contribution is -2.03. The monoisotopic (exact) mass is 198 g/mol. The van der Waals surface area contributed by atoms with Gasteiger partial charge in [-0.1, -0.05) is 13.8 Å². The molecule has 74 valence electrons. The predicted molar refractivity (Wildman–Crippen MR) is 58.2 cm³/mol. The highest BCUT2D eigenvalue weighted by Crippen LogP contribution is 2.29. The lowest BCUT2D eigenvalue weighted by molar-refractivity contribution is 0.724. The van der Waals surface area contributed by atoms with Gasteiger partial charge in [-0.15, -0.1) is 11.3 Å². The molecule has 0 aliphatic carbocycles. The van der Waals surface area contributed by atoms with Crippen LogP contribution in [0.4, 0.5) is 0 Å². The second kappa shape index (κ2) is 4.20. The summed E-state index contributed by atoms with van der Waals surface area (Å²) in [5.41, 5.74) is 6.95. The average Bonchev–Trinajstić information content (AvgIpc) is 2.46. The quantitative estimate of drug-likeness (QED) is 0.811. The average molecular weight is 198 g/mol. The Morgan fingerprint density at radius 1 is 1.46 bits per heavy atom. The van der Waals surface area contributed by atoms with Crippen molar-refractivity contribution in [3.05, 3.63) is 15.6 Å². The maximum absolute atomic E-state index is 5.84. The second-order valence-corrected chi connectivity index (χ2v) is 4.66. The van der Waals surface area contributed by atoms with Gasteiger partial charge in [-0.3, -0.25) is 0 Å². The van der Waals surface area contributed by atoms with Gasteiger partial charge in [0.05, 0.1) is 10.7 Å². The Labute approximate surface area is 84.2 Å². The highest BCUT2D eigenvalue weighted by Gasteiger charge is 2.14. The van der Waals surface area contributed by atoms with Crippen LogP contribution in [0.2, 0.25) is 0 Å². The van der Waals surface area contributed by atoms with E-state index in [0.29, 0.717) is 5.92 Å². The molecule has 13 heavy (non-hydrogen) atoms. The Morgan fingerprint density at radius 3 is 2.46 bits per heavy atom. The molecule has 0 amide bonds. The summed E-state index contributed by atoms with van der Waals surface area (Å²) in [4.78, 5) is 5.77. The molecule has 0 radical (unpaired) electrons. The third-order valence-electron chi connectivity index (χ3n) is 2.30. The van der Waals surface area contributed by atoms with Gasteiger partial charge in [-0.25, -0.2) is 4.98 Å². The van der Waals surface area contributed by atoms with Crippen LogP contribution in [-0.2, 0) is 0 Å². The third kappa shape index (κ3) is 2.29. The number of aryl methyl sites for hydroxylation is 1. The van der Waals surface area contributed by atoms with E-state index < -0.39 is 0 Å². The van der Waals surface area contributed by atoms with Gasteiger partial charge in [0.1, 0.15) is 0 Å². The molecule has 1 heterocycles. The van der Waals surface area contributed by atoms with Crippen LogP contribution in [0, 0.1) is 6.92 Å². The van der Waals surface area contributed by atoms with E-state index in [1.54, 1.807) is 11.3 Å². The number of thiazole rings is 1. The molecule has 2 atom stereocenters. The topological polar surface area (TPSA) is 38.9 Å². The SMILES string of the molecule is CCC(C)c1nc(C)c(C(C)N)s1. The zero-order chi connectivity index (χ0) is 10.0. The molecule has 0 spiro atoms. The molecule has 1 rings (SSSR count). The van der Waals surface area contributed by atoms with Crippen LogP contribution < -0.4 is 5.73 Å². The molecule has 0 fully saturated rings. The minimum Gasteiger partial charge on any atom is -0.323 e. The largest absolute Gasteiger partial charge is 0.323 e. The lowest BCUT2D eigenvalue weighted by atomic mass is 10.1. The zero-order valence-electron chi connectivity index (χ0n) is 8.79. The van der Waals surface area contributed by atoms with Crippen molar-refractivity contribution in [1.29, 1.82) is 0 Å². The summed E-state index contributed by atoms with van der Waals surface area (Å²) in [6, 6.07) is 0.121. The van der Waals surface area contributed by atoms with E-state index in [9.17, 15) is 0 Å². The number of hydrogen-bond donors (Lipinski definition) is 1. The van der Waals surface area contributed by atoms with Crippen molar-refractivity contribution in [2.45, 2.75) is 46.1 Å². The van der Waals surface area contributed by atoms with Crippen molar-refractivity contribution >= 4 is 11.3 Å². The van der Waals surface area contributed by atoms with Gasteiger partial charge in [-0.2, -0.15) is 0 Å². The van der Waals surface area contributed by atoms with Crippen LogP contribution in [0.1, 0.15) is 54.7 Å². The predicted octanol–water partition coefficient (Wildman–Crippen LogP) is 2.98. The van der Waals surface area contributed by atoms with Gasteiger partial charge in [0, 0.05) is 16.8 Å². The molecule has 0 aliphatic heterocycles. The summed E-state index contributed by atoms with van der Waals surface area (Å²) in [6.07, 6.45) is 1.14. The highest BCUT2D eigenvalue weighted by molar-refractivity contribution is 7.11. The molecular weight excluding hydrogens is 180 g/mol. The minimum absolute atomic E-state index is 0.121. The molecule has 2 unspecified atom stereocenters. The van der Waals surface area contributed by atoms with E-state index in [1.165, 1.54) is 9.88 Å². The molecule has 0 aromatic carbocycles. The van der Waals surface area contributed by atoms with Gasteiger partial charge in [-0.05, 0) is 20.3 Å². The Balaban J connectivity index is 2.95. The van der Waals surface area contributed by atoms with Crippen LogP contribution in [0.15, 0.2) is 0 Å². The highest BCUT2D eigenvalue weighted by atomic mass is 32.1. The van der Waals surface area contributed by atoms with Crippen LogP contribution >= 0.6 is 11.3 Å². The van der Waals surface area contributed by atoms with Crippen LogP contribution in [0.5, 0.6) is 0 Å². The standard InChI is InChI=1S/C10H18N2S/c1-5-6(2)10-12-8(4)9(13-10)7(3)11/h6-7H,5,11H2,1-4H3. The Kier molecular flexibility index (Phi) is 3.45. The van der Waals surface area contributed by atoms with Crippen molar-refractivity contribution in [2.24, 2.45) is 5.73 Å². The second-order valence-electron chi connectivity index (χ2n) is 3.60. The fraction of sp³-hybridized carbons (Fsp3) is 0.700. The van der Waals surface area contributed by atoms with Crippen LogP contribution in [-0.4, -0.2) is 4.98 Å². The molecule has 0 aliphatic rings. The molecule has 0 saturated carbocycles. The molecule has 1 aromatic rings. The van der Waals surface area contributed by atoms with Gasteiger partial charge in [0.15, 0.2) is 0 Å². The van der Waals surface area contributed by atoms with Crippen molar-refractivity contribution < 1.29 is 0 Å². The molecule has 0 saturated heterocycles. The first-order valence-corrected chi connectivity index (χ1v) is 5.60. The molecule has 2 nitrogen and oxygen atoms in total. The maximum atomic E-state index is 5.84. The third-order valence-corrected chi connectivity index (χ3v) is 3.89. The van der Waals surface area contributed by atoms with E-state index in [-0.39, 0.29) is 6.04 Å². The minimum atomic E-state index is 0.121. The van der Waals surface area contributed by atoms with E-state index in [1.807, 2.05) is 13.8 Å². The Morgan fingerprint density at radius 2 is 2.08 bits per heavy atom. The molecular formula is C10H18N2S. The van der Waals surface area contributed by atoms with E-state index in [0.717, 1.165) is 12.1 Å². The molecule has 2 N–H and O–H groups in total. The fourth-order valence-electron chi connectivity index (χ4n) is 1.24. The van der Waals surface area contributed by atoms with E-state index in [4.69, 9.17) is 5.73 Å².